The van der Waals surface area contributed by atoms with E-state index in [-0.39, 0.29) is 28.0 Å². The van der Waals surface area contributed by atoms with E-state index in [9.17, 15) is 9.59 Å². The predicted molar refractivity (Wildman–Crippen MR) is 101 cm³/mol. The van der Waals surface area contributed by atoms with Gasteiger partial charge < -0.3 is 9.15 Å². The molecular formula is C19H14Cl2N2O4. The second-order valence-corrected chi connectivity index (χ2v) is 6.16. The van der Waals surface area contributed by atoms with E-state index in [4.69, 9.17) is 32.4 Å². The number of nitrogens with one attached hydrogen (secondary N) is 2. The zero-order chi connectivity index (χ0) is 19.2. The number of benzene rings is 2. The van der Waals surface area contributed by atoms with Gasteiger partial charge in [0.25, 0.3) is 5.91 Å². The van der Waals surface area contributed by atoms with Crippen LogP contribution in [-0.2, 0) is 6.61 Å². The average molecular weight is 405 g/mol. The highest BCUT2D eigenvalue weighted by Gasteiger charge is 2.16. The first-order valence-electron chi connectivity index (χ1n) is 7.86. The van der Waals surface area contributed by atoms with E-state index < -0.39 is 11.8 Å². The van der Waals surface area contributed by atoms with Crippen LogP contribution in [0, 0.1) is 0 Å². The van der Waals surface area contributed by atoms with Gasteiger partial charge in [-0.15, -0.1) is 0 Å². The molecule has 0 saturated carbocycles. The molecule has 6 nitrogen and oxygen atoms in total. The Labute approximate surface area is 165 Å². The van der Waals surface area contributed by atoms with Gasteiger partial charge in [0.05, 0.1) is 15.6 Å². The smallest absolute Gasteiger partial charge is 0.305 e. The predicted octanol–water partition coefficient (Wildman–Crippen LogP) is 4.24. The number of carbonyl (C=O) groups is 2. The van der Waals surface area contributed by atoms with Crippen LogP contribution in [0.3, 0.4) is 0 Å². The Morgan fingerprint density at radius 2 is 1.63 bits per heavy atom. The highest BCUT2D eigenvalue weighted by atomic mass is 35.5. The second kappa shape index (κ2) is 8.62. The summed E-state index contributed by atoms with van der Waals surface area (Å²) in [7, 11) is 0. The monoisotopic (exact) mass is 404 g/mol. The number of ether oxygens (including phenoxy) is 1. The molecule has 0 aliphatic heterocycles. The first-order valence-corrected chi connectivity index (χ1v) is 8.61. The normalized spacial score (nSPS) is 10.3. The summed E-state index contributed by atoms with van der Waals surface area (Å²) in [5, 5.41) is 0.342. The van der Waals surface area contributed by atoms with Crippen molar-refractivity contribution >= 4 is 35.0 Å². The Bertz CT molecular complexity index is 957. The zero-order valence-electron chi connectivity index (χ0n) is 13.9. The maximum atomic E-state index is 12.1. The van der Waals surface area contributed by atoms with Gasteiger partial charge in [-0.25, -0.2) is 0 Å². The molecule has 0 spiro atoms. The molecule has 0 bridgehead atoms. The number of furan rings is 1. The molecular weight excluding hydrogens is 391 g/mol. The van der Waals surface area contributed by atoms with Crippen LogP contribution in [0.4, 0.5) is 0 Å². The molecule has 2 amide bonds. The number of para-hydroxylation sites is 1. The lowest BCUT2D eigenvalue weighted by Gasteiger charge is -2.08. The Morgan fingerprint density at radius 1 is 0.889 bits per heavy atom. The third-order valence-corrected chi connectivity index (χ3v) is 4.31. The van der Waals surface area contributed by atoms with Crippen LogP contribution in [-0.4, -0.2) is 11.8 Å². The summed E-state index contributed by atoms with van der Waals surface area (Å²) in [5.41, 5.74) is 4.66. The number of rotatable bonds is 5. The fraction of sp³-hybridized carbons (Fsp3) is 0.0526. The van der Waals surface area contributed by atoms with E-state index >= 15 is 0 Å². The molecule has 1 aromatic heterocycles. The molecule has 3 aromatic rings. The quantitative estimate of drug-likeness (QED) is 0.623. The van der Waals surface area contributed by atoms with Crippen LogP contribution in [0.25, 0.3) is 0 Å². The van der Waals surface area contributed by atoms with Crippen molar-refractivity contribution in [3.05, 3.63) is 87.8 Å². The number of carbonyl (C=O) groups excluding carboxylic acids is 2. The molecule has 8 heteroatoms. The van der Waals surface area contributed by atoms with Crippen molar-refractivity contribution in [2.75, 3.05) is 0 Å². The van der Waals surface area contributed by atoms with Gasteiger partial charge in [-0.3, -0.25) is 20.4 Å². The standard InChI is InChI=1S/C19H14Cl2N2O4/c20-15-8-4-7-14(17(15)21)18(24)22-23-19(25)16-10-9-13(27-16)11-26-12-5-2-1-3-6-12/h1-10H,11H2,(H,22,24)(H,23,25). The van der Waals surface area contributed by atoms with Crippen molar-refractivity contribution in [2.24, 2.45) is 0 Å². The highest BCUT2D eigenvalue weighted by Crippen LogP contribution is 2.25. The Kier molecular flexibility index (Phi) is 6.01. The molecule has 138 valence electrons. The summed E-state index contributed by atoms with van der Waals surface area (Å²) >= 11 is 11.8. The summed E-state index contributed by atoms with van der Waals surface area (Å²) < 4.78 is 11.0. The van der Waals surface area contributed by atoms with Gasteiger partial charge in [0.1, 0.15) is 18.1 Å². The molecule has 0 aliphatic rings. The van der Waals surface area contributed by atoms with Crippen LogP contribution >= 0.6 is 23.2 Å². The van der Waals surface area contributed by atoms with Crippen molar-refractivity contribution < 1.29 is 18.7 Å². The average Bonchev–Trinajstić information content (AvgIpc) is 3.16. The molecule has 0 fully saturated rings. The number of hydrogen-bond acceptors (Lipinski definition) is 4. The Morgan fingerprint density at radius 3 is 2.41 bits per heavy atom. The fourth-order valence-electron chi connectivity index (χ4n) is 2.17. The summed E-state index contributed by atoms with van der Waals surface area (Å²) in [4.78, 5) is 24.2. The number of hydrogen-bond donors (Lipinski definition) is 2. The molecule has 2 N–H and O–H groups in total. The van der Waals surface area contributed by atoms with Crippen molar-refractivity contribution in [1.82, 2.24) is 10.9 Å². The minimum absolute atomic E-state index is 0.0270. The summed E-state index contributed by atoms with van der Waals surface area (Å²) in [6.07, 6.45) is 0. The van der Waals surface area contributed by atoms with E-state index in [2.05, 4.69) is 10.9 Å². The van der Waals surface area contributed by atoms with Crippen molar-refractivity contribution in [3.8, 4) is 5.75 Å². The third-order valence-electron chi connectivity index (χ3n) is 3.50. The fourth-order valence-corrected chi connectivity index (χ4v) is 2.56. The van der Waals surface area contributed by atoms with Gasteiger partial charge in [0.15, 0.2) is 5.76 Å². The first kappa shape index (κ1) is 18.8. The van der Waals surface area contributed by atoms with Gasteiger partial charge in [-0.1, -0.05) is 47.5 Å². The van der Waals surface area contributed by atoms with E-state index in [0.29, 0.717) is 11.5 Å². The Hall–Kier alpha value is -2.96. The third kappa shape index (κ3) is 4.81. The lowest BCUT2D eigenvalue weighted by atomic mass is 10.2. The SMILES string of the molecule is O=C(NNC(=O)c1cccc(Cl)c1Cl)c1ccc(COc2ccccc2)o1. The number of hydrazine groups is 1. The summed E-state index contributed by atoms with van der Waals surface area (Å²) in [5.74, 6) is -0.0413. The molecule has 0 atom stereocenters. The highest BCUT2D eigenvalue weighted by molar-refractivity contribution is 6.43. The van der Waals surface area contributed by atoms with Crippen LogP contribution in [0.1, 0.15) is 26.7 Å². The lowest BCUT2D eigenvalue weighted by molar-refractivity contribution is 0.0828. The molecule has 27 heavy (non-hydrogen) atoms. The number of amides is 2. The van der Waals surface area contributed by atoms with Crippen molar-refractivity contribution in [2.45, 2.75) is 6.61 Å². The van der Waals surface area contributed by atoms with Crippen LogP contribution in [0.15, 0.2) is 65.1 Å². The maximum Gasteiger partial charge on any atom is 0.305 e. The van der Waals surface area contributed by atoms with E-state index in [1.54, 1.807) is 18.2 Å². The first-order chi connectivity index (χ1) is 13.0. The van der Waals surface area contributed by atoms with Crippen LogP contribution in [0.2, 0.25) is 10.0 Å². The van der Waals surface area contributed by atoms with Crippen LogP contribution in [0.5, 0.6) is 5.75 Å². The molecule has 3 rings (SSSR count). The molecule has 1 heterocycles. The maximum absolute atomic E-state index is 12.1. The van der Waals surface area contributed by atoms with E-state index in [0.717, 1.165) is 0 Å². The molecule has 0 unspecified atom stereocenters. The zero-order valence-corrected chi connectivity index (χ0v) is 15.4. The van der Waals surface area contributed by atoms with Crippen molar-refractivity contribution in [3.63, 3.8) is 0 Å². The van der Waals surface area contributed by atoms with Gasteiger partial charge in [0, 0.05) is 0 Å². The molecule has 2 aromatic carbocycles. The van der Waals surface area contributed by atoms with Gasteiger partial charge in [-0.05, 0) is 36.4 Å². The topological polar surface area (TPSA) is 80.6 Å². The molecule has 0 radical (unpaired) electrons. The minimum Gasteiger partial charge on any atom is -0.486 e. The van der Waals surface area contributed by atoms with Gasteiger partial charge in [-0.2, -0.15) is 0 Å². The summed E-state index contributed by atoms with van der Waals surface area (Å²) in [6.45, 7) is 0.168. The largest absolute Gasteiger partial charge is 0.486 e. The van der Waals surface area contributed by atoms with Crippen molar-refractivity contribution in [1.29, 1.82) is 0 Å². The minimum atomic E-state index is -0.618. The van der Waals surface area contributed by atoms with Crippen LogP contribution < -0.4 is 15.6 Å². The Balaban J connectivity index is 1.55. The molecule has 0 saturated heterocycles. The van der Waals surface area contributed by atoms with E-state index in [1.807, 2.05) is 30.3 Å². The van der Waals surface area contributed by atoms with Gasteiger partial charge in [0.2, 0.25) is 0 Å². The summed E-state index contributed by atoms with van der Waals surface area (Å²) in [6, 6.07) is 16.9. The van der Waals surface area contributed by atoms with E-state index in [1.165, 1.54) is 12.1 Å². The second-order valence-electron chi connectivity index (χ2n) is 5.38. The molecule has 0 aliphatic carbocycles. The lowest BCUT2D eigenvalue weighted by Crippen LogP contribution is -2.41. The number of halogens is 2. The van der Waals surface area contributed by atoms with Gasteiger partial charge >= 0.3 is 5.91 Å².